The molecule has 2 heterocycles. The molecule has 1 aromatic heterocycles. The van der Waals surface area contributed by atoms with Crippen molar-refractivity contribution in [1.82, 2.24) is 10.2 Å². The second-order valence-corrected chi connectivity index (χ2v) is 13.8. The van der Waals surface area contributed by atoms with Gasteiger partial charge in [-0.2, -0.15) is 14.5 Å². The molecule has 34 heavy (non-hydrogen) atoms. The quantitative estimate of drug-likeness (QED) is 0.407. The number of fused-ring (bicyclic) bond motifs is 1. The number of carbonyl (C=O) groups excluding carboxylic acids is 1. The van der Waals surface area contributed by atoms with Crippen LogP contribution in [0, 0.1) is 11.8 Å². The van der Waals surface area contributed by atoms with Crippen molar-refractivity contribution in [2.75, 3.05) is 13.3 Å². The maximum absolute atomic E-state index is 12.5. The number of aromatic nitrogens is 2. The van der Waals surface area contributed by atoms with Gasteiger partial charge in [-0.05, 0) is 25.7 Å². The standard InChI is InChI=1S/C18H27N2O11P3/c1-10-6-13-14(15(21)7-10)8-19-20-17(13)18(4)12(3)11(2)16(29-18)9-28-33(24,25)31-34(26,27)30-32(5,22)23/h6,8,11-12,16H,7,9H2,1-5H3,(H,22,23)(H,24,25)(H,26,27)/t11-,12+,16+,18+/m0/s1. The van der Waals surface area contributed by atoms with Crippen molar-refractivity contribution in [2.45, 2.75) is 45.8 Å². The number of phosphoric acid groups is 2. The van der Waals surface area contributed by atoms with Gasteiger partial charge < -0.3 is 19.4 Å². The Labute approximate surface area is 196 Å². The van der Waals surface area contributed by atoms with Gasteiger partial charge in [0.2, 0.25) is 0 Å². The van der Waals surface area contributed by atoms with Gasteiger partial charge in [0.1, 0.15) is 11.3 Å². The lowest BCUT2D eigenvalue weighted by molar-refractivity contribution is -0.0682. The Bertz CT molecular complexity index is 1170. The number of Topliss-reactive ketones (excluding diaryl/α,β-unsaturated/α-hetero) is 1. The smallest absolute Gasteiger partial charge is 0.363 e. The maximum Gasteiger partial charge on any atom is 0.488 e. The highest BCUT2D eigenvalue weighted by atomic mass is 31.3. The fourth-order valence-corrected chi connectivity index (χ4v) is 7.60. The van der Waals surface area contributed by atoms with E-state index in [4.69, 9.17) is 14.2 Å². The molecule has 0 bridgehead atoms. The molecule has 13 nitrogen and oxygen atoms in total. The monoisotopic (exact) mass is 540 g/mol. The third-order valence-corrected chi connectivity index (χ3v) is 10.2. The summed E-state index contributed by atoms with van der Waals surface area (Å²) in [6.07, 6.45) is 2.78. The molecule has 0 aromatic carbocycles. The summed E-state index contributed by atoms with van der Waals surface area (Å²) in [5.41, 5.74) is 1.31. The van der Waals surface area contributed by atoms with E-state index in [1.54, 1.807) is 6.92 Å². The predicted molar refractivity (Wildman–Crippen MR) is 119 cm³/mol. The van der Waals surface area contributed by atoms with Crippen molar-refractivity contribution in [1.29, 1.82) is 0 Å². The third-order valence-electron chi connectivity index (χ3n) is 5.99. The van der Waals surface area contributed by atoms with Gasteiger partial charge in [0, 0.05) is 24.2 Å². The van der Waals surface area contributed by atoms with Crippen molar-refractivity contribution >= 4 is 35.1 Å². The van der Waals surface area contributed by atoms with E-state index in [9.17, 15) is 28.3 Å². The summed E-state index contributed by atoms with van der Waals surface area (Å²) in [5, 5.41) is 8.22. The van der Waals surface area contributed by atoms with Crippen LogP contribution in [0.4, 0.5) is 0 Å². The minimum absolute atomic E-state index is 0.0816. The number of rotatable bonds is 8. The van der Waals surface area contributed by atoms with Crippen molar-refractivity contribution < 1.29 is 51.1 Å². The SMILES string of the molecule is CC1=Cc2c(cnnc2[C@]2(C)O[C@H](COP(=O)(O)OP(=O)(O)OP(C)(=O)O)[C@@H](C)[C@H]2C)C(=O)C1. The second kappa shape index (κ2) is 9.41. The Morgan fingerprint density at radius 1 is 1.18 bits per heavy atom. The fourth-order valence-electron chi connectivity index (χ4n) is 4.11. The molecule has 3 N–H and O–H groups in total. The minimum atomic E-state index is -5.37. The molecule has 3 unspecified atom stereocenters. The van der Waals surface area contributed by atoms with Crippen LogP contribution >= 0.6 is 23.2 Å². The third kappa shape index (κ3) is 5.99. The van der Waals surface area contributed by atoms with Crippen LogP contribution in [0.25, 0.3) is 6.08 Å². The molecular weight excluding hydrogens is 513 g/mol. The largest absolute Gasteiger partial charge is 0.488 e. The molecule has 16 heteroatoms. The van der Waals surface area contributed by atoms with E-state index in [1.165, 1.54) is 6.20 Å². The van der Waals surface area contributed by atoms with E-state index in [0.717, 1.165) is 5.57 Å². The van der Waals surface area contributed by atoms with Gasteiger partial charge >= 0.3 is 23.2 Å². The van der Waals surface area contributed by atoms with Crippen molar-refractivity contribution in [3.05, 3.63) is 28.6 Å². The van der Waals surface area contributed by atoms with Crippen LogP contribution in [0.5, 0.6) is 0 Å². The number of hydrogen-bond acceptors (Lipinski definition) is 10. The summed E-state index contributed by atoms with van der Waals surface area (Å²) in [6, 6.07) is 0. The summed E-state index contributed by atoms with van der Waals surface area (Å²) < 4.78 is 54.1. The zero-order chi connectivity index (χ0) is 25.7. The van der Waals surface area contributed by atoms with E-state index < -0.39 is 41.6 Å². The number of allylic oxidation sites excluding steroid dienone is 1. The zero-order valence-electron chi connectivity index (χ0n) is 19.1. The highest BCUT2D eigenvalue weighted by molar-refractivity contribution is 7.68. The average molecular weight is 540 g/mol. The zero-order valence-corrected chi connectivity index (χ0v) is 21.8. The Morgan fingerprint density at radius 3 is 2.44 bits per heavy atom. The molecule has 0 saturated carbocycles. The first-order valence-corrected chi connectivity index (χ1v) is 15.2. The highest BCUT2D eigenvalue weighted by Crippen LogP contribution is 2.66. The lowest BCUT2D eigenvalue weighted by Crippen LogP contribution is -2.32. The molecule has 0 amide bonds. The van der Waals surface area contributed by atoms with Crippen LogP contribution in [0.15, 0.2) is 11.8 Å². The van der Waals surface area contributed by atoms with Gasteiger partial charge in [-0.15, -0.1) is 0 Å². The van der Waals surface area contributed by atoms with E-state index >= 15 is 0 Å². The normalized spacial score (nSPS) is 32.3. The number of ketones is 1. The number of hydrogen-bond donors (Lipinski definition) is 3. The van der Waals surface area contributed by atoms with Gasteiger partial charge in [0.05, 0.1) is 18.9 Å². The molecule has 0 radical (unpaired) electrons. The van der Waals surface area contributed by atoms with Gasteiger partial charge in [0.15, 0.2) is 5.78 Å². The molecule has 1 fully saturated rings. The van der Waals surface area contributed by atoms with Gasteiger partial charge in [-0.1, -0.05) is 25.5 Å². The first-order chi connectivity index (χ1) is 15.4. The molecular formula is C18H27N2O11P3. The molecule has 1 saturated heterocycles. The lowest BCUT2D eigenvalue weighted by Gasteiger charge is -2.31. The topological polar surface area (TPSA) is 192 Å². The van der Waals surface area contributed by atoms with Crippen LogP contribution in [-0.4, -0.2) is 50.0 Å². The summed E-state index contributed by atoms with van der Waals surface area (Å²) in [5.74, 6) is -0.543. The van der Waals surface area contributed by atoms with Crippen molar-refractivity contribution in [3.8, 4) is 0 Å². The highest BCUT2D eigenvalue weighted by Gasteiger charge is 2.52. The van der Waals surface area contributed by atoms with Crippen LogP contribution in [-0.2, 0) is 37.2 Å². The Balaban J connectivity index is 1.79. The number of phosphoric ester groups is 1. The second-order valence-electron chi connectivity index (χ2n) is 8.72. The predicted octanol–water partition coefficient (Wildman–Crippen LogP) is 3.42. The molecule has 2 aliphatic rings. The van der Waals surface area contributed by atoms with Crippen molar-refractivity contribution in [3.63, 3.8) is 0 Å². The Hall–Kier alpha value is -1.10. The average Bonchev–Trinajstić information content (AvgIpc) is 2.88. The molecule has 3 rings (SSSR count). The van der Waals surface area contributed by atoms with Crippen LogP contribution in [0.1, 0.15) is 55.7 Å². The maximum atomic E-state index is 12.5. The molecule has 0 spiro atoms. The first kappa shape index (κ1) is 27.5. The minimum Gasteiger partial charge on any atom is -0.363 e. The molecule has 1 aliphatic carbocycles. The van der Waals surface area contributed by atoms with E-state index in [-0.39, 0.29) is 24.0 Å². The summed E-state index contributed by atoms with van der Waals surface area (Å²) >= 11 is 0. The van der Waals surface area contributed by atoms with E-state index in [0.29, 0.717) is 23.5 Å². The summed E-state index contributed by atoms with van der Waals surface area (Å²) in [6.45, 7) is 7.40. The summed E-state index contributed by atoms with van der Waals surface area (Å²) in [4.78, 5) is 40.8. The van der Waals surface area contributed by atoms with Gasteiger partial charge in [-0.25, -0.2) is 13.4 Å². The fraction of sp³-hybridized carbons (Fsp3) is 0.611. The Kier molecular flexibility index (Phi) is 7.61. The van der Waals surface area contributed by atoms with Crippen LogP contribution < -0.4 is 0 Å². The number of ether oxygens (including phenoxy) is 1. The van der Waals surface area contributed by atoms with Crippen LogP contribution in [0.2, 0.25) is 0 Å². The van der Waals surface area contributed by atoms with E-state index in [1.807, 2.05) is 26.8 Å². The first-order valence-electron chi connectivity index (χ1n) is 10.2. The molecule has 7 atom stereocenters. The summed E-state index contributed by atoms with van der Waals surface area (Å²) in [7, 11) is -15.0. The molecule has 1 aromatic rings. The number of carbonyl (C=O) groups is 1. The van der Waals surface area contributed by atoms with Gasteiger partial charge in [0.25, 0.3) is 0 Å². The lowest BCUT2D eigenvalue weighted by atomic mass is 9.78. The van der Waals surface area contributed by atoms with Crippen molar-refractivity contribution in [2.24, 2.45) is 11.8 Å². The Morgan fingerprint density at radius 2 is 1.82 bits per heavy atom. The van der Waals surface area contributed by atoms with Crippen LogP contribution in [0.3, 0.4) is 0 Å². The molecule has 190 valence electrons. The number of nitrogens with zero attached hydrogens (tertiary/aromatic N) is 2. The van der Waals surface area contributed by atoms with Gasteiger partial charge in [-0.3, -0.25) is 13.9 Å². The van der Waals surface area contributed by atoms with E-state index in [2.05, 4.69) is 18.8 Å². The molecule has 1 aliphatic heterocycles.